The molecule has 1 amide bonds. The Bertz CT molecular complexity index is 346. The molecule has 1 aromatic heterocycles. The van der Waals surface area contributed by atoms with Crippen LogP contribution >= 0.6 is 0 Å². The molecule has 0 spiro atoms. The molecule has 1 fully saturated rings. The number of anilines is 1. The van der Waals surface area contributed by atoms with Gasteiger partial charge in [-0.3, -0.25) is 9.69 Å². The fourth-order valence-electron chi connectivity index (χ4n) is 1.76. The maximum atomic E-state index is 11.6. The first-order valence-corrected chi connectivity index (χ1v) is 4.80. The summed E-state index contributed by atoms with van der Waals surface area (Å²) < 4.78 is 1.80. The third-order valence-corrected chi connectivity index (χ3v) is 2.43. The summed E-state index contributed by atoms with van der Waals surface area (Å²) in [7, 11) is 0. The Morgan fingerprint density at radius 2 is 2.50 bits per heavy atom. The van der Waals surface area contributed by atoms with Crippen LogP contribution in [-0.4, -0.2) is 28.3 Å². The minimum atomic E-state index is -0.0392. The van der Waals surface area contributed by atoms with Crippen LogP contribution in [0.1, 0.15) is 13.3 Å². The topological polar surface area (TPSA) is 64.2 Å². The predicted molar refractivity (Wildman–Crippen MR) is 52.8 cm³/mol. The van der Waals surface area contributed by atoms with E-state index in [1.807, 2.05) is 13.0 Å². The summed E-state index contributed by atoms with van der Waals surface area (Å²) in [5.74, 6) is 0.943. The molecule has 1 unspecified atom stereocenters. The third kappa shape index (κ3) is 1.39. The quantitative estimate of drug-likeness (QED) is 0.719. The van der Waals surface area contributed by atoms with Gasteiger partial charge >= 0.3 is 0 Å². The molecule has 0 radical (unpaired) electrons. The van der Waals surface area contributed by atoms with Crippen LogP contribution in [0.25, 0.3) is 0 Å². The van der Waals surface area contributed by atoms with Crippen LogP contribution in [-0.2, 0) is 11.3 Å². The number of aryl methyl sites for hydroxylation is 1. The van der Waals surface area contributed by atoms with Crippen LogP contribution in [0, 0.1) is 0 Å². The van der Waals surface area contributed by atoms with Gasteiger partial charge in [0.15, 0.2) is 0 Å². The zero-order valence-electron chi connectivity index (χ0n) is 8.18. The molecule has 5 heteroatoms. The summed E-state index contributed by atoms with van der Waals surface area (Å²) in [4.78, 5) is 13.3. The lowest BCUT2D eigenvalue weighted by Crippen LogP contribution is -2.29. The first-order valence-electron chi connectivity index (χ1n) is 4.80. The Hall–Kier alpha value is -1.36. The van der Waals surface area contributed by atoms with Crippen molar-refractivity contribution in [1.82, 2.24) is 9.78 Å². The third-order valence-electron chi connectivity index (χ3n) is 2.43. The van der Waals surface area contributed by atoms with E-state index in [-0.39, 0.29) is 11.9 Å². The van der Waals surface area contributed by atoms with Crippen molar-refractivity contribution in [3.05, 3.63) is 12.3 Å². The number of hydrogen-bond acceptors (Lipinski definition) is 3. The van der Waals surface area contributed by atoms with E-state index in [2.05, 4.69) is 5.10 Å². The average Bonchev–Trinajstić information content (AvgIpc) is 2.71. The Kier molecular flexibility index (Phi) is 2.25. The van der Waals surface area contributed by atoms with Crippen molar-refractivity contribution < 1.29 is 4.79 Å². The molecule has 2 heterocycles. The standard InChI is InChI=1S/C9H14N4O/c1-2-13-8(3-4-11-13)12-6-7(10)5-9(12)14/h3-4,7H,2,5-6,10H2,1H3. The first-order chi connectivity index (χ1) is 6.72. The van der Waals surface area contributed by atoms with Crippen molar-refractivity contribution in [2.45, 2.75) is 25.9 Å². The number of aromatic nitrogens is 2. The van der Waals surface area contributed by atoms with Gasteiger partial charge in [-0.15, -0.1) is 0 Å². The molecule has 2 rings (SSSR count). The van der Waals surface area contributed by atoms with E-state index < -0.39 is 0 Å². The number of carbonyl (C=O) groups is 1. The predicted octanol–water partition coefficient (Wildman–Crippen LogP) is -0.0330. The molecule has 76 valence electrons. The molecular formula is C9H14N4O. The number of nitrogens with zero attached hydrogens (tertiary/aromatic N) is 3. The van der Waals surface area contributed by atoms with Crippen LogP contribution in [0.5, 0.6) is 0 Å². The van der Waals surface area contributed by atoms with E-state index in [1.165, 1.54) is 0 Å². The molecule has 2 N–H and O–H groups in total. The van der Waals surface area contributed by atoms with Gasteiger partial charge in [0.2, 0.25) is 5.91 Å². The van der Waals surface area contributed by atoms with Crippen LogP contribution in [0.2, 0.25) is 0 Å². The van der Waals surface area contributed by atoms with Crippen LogP contribution < -0.4 is 10.6 Å². The largest absolute Gasteiger partial charge is 0.326 e. The Morgan fingerprint density at radius 3 is 3.07 bits per heavy atom. The lowest BCUT2D eigenvalue weighted by molar-refractivity contribution is -0.117. The molecule has 1 saturated heterocycles. The van der Waals surface area contributed by atoms with E-state index in [0.29, 0.717) is 13.0 Å². The second-order valence-electron chi connectivity index (χ2n) is 3.47. The number of rotatable bonds is 2. The molecule has 1 atom stereocenters. The number of nitrogens with two attached hydrogens (primary N) is 1. The SMILES string of the molecule is CCn1nccc1N1CC(N)CC1=O. The van der Waals surface area contributed by atoms with Crippen molar-refractivity contribution in [3.8, 4) is 0 Å². The Labute approximate surface area is 82.5 Å². The summed E-state index contributed by atoms with van der Waals surface area (Å²) >= 11 is 0. The van der Waals surface area contributed by atoms with Gasteiger partial charge < -0.3 is 5.73 Å². The van der Waals surface area contributed by atoms with E-state index in [0.717, 1.165) is 12.4 Å². The molecule has 5 nitrogen and oxygen atoms in total. The molecule has 1 aromatic rings. The van der Waals surface area contributed by atoms with Crippen molar-refractivity contribution in [1.29, 1.82) is 0 Å². The number of hydrogen-bond donors (Lipinski definition) is 1. The maximum absolute atomic E-state index is 11.6. The van der Waals surface area contributed by atoms with Crippen molar-refractivity contribution in [3.63, 3.8) is 0 Å². The molecule has 14 heavy (non-hydrogen) atoms. The van der Waals surface area contributed by atoms with E-state index in [9.17, 15) is 4.79 Å². The minimum absolute atomic E-state index is 0.0392. The zero-order chi connectivity index (χ0) is 10.1. The monoisotopic (exact) mass is 194 g/mol. The molecule has 0 aliphatic carbocycles. The molecule has 0 bridgehead atoms. The lowest BCUT2D eigenvalue weighted by atomic mass is 10.3. The normalized spacial score (nSPS) is 22.0. The van der Waals surface area contributed by atoms with Gasteiger partial charge in [0.25, 0.3) is 0 Å². The second-order valence-corrected chi connectivity index (χ2v) is 3.47. The fraction of sp³-hybridized carbons (Fsp3) is 0.556. The molecular weight excluding hydrogens is 180 g/mol. The minimum Gasteiger partial charge on any atom is -0.326 e. The fourth-order valence-corrected chi connectivity index (χ4v) is 1.76. The van der Waals surface area contributed by atoms with E-state index >= 15 is 0 Å². The smallest absolute Gasteiger partial charge is 0.229 e. The lowest BCUT2D eigenvalue weighted by Gasteiger charge is -2.16. The number of amides is 1. The van der Waals surface area contributed by atoms with Crippen LogP contribution in [0.15, 0.2) is 12.3 Å². The summed E-state index contributed by atoms with van der Waals surface area (Å²) in [5.41, 5.74) is 5.72. The average molecular weight is 194 g/mol. The molecule has 0 aromatic carbocycles. The summed E-state index contributed by atoms with van der Waals surface area (Å²) in [6.45, 7) is 3.36. The summed E-state index contributed by atoms with van der Waals surface area (Å²) in [6.07, 6.45) is 2.14. The highest BCUT2D eigenvalue weighted by atomic mass is 16.2. The zero-order valence-corrected chi connectivity index (χ0v) is 8.18. The Morgan fingerprint density at radius 1 is 1.71 bits per heavy atom. The molecule has 1 aliphatic heterocycles. The van der Waals surface area contributed by atoms with Gasteiger partial charge in [0.1, 0.15) is 5.82 Å². The van der Waals surface area contributed by atoms with Gasteiger partial charge in [-0.2, -0.15) is 5.10 Å². The van der Waals surface area contributed by atoms with E-state index in [1.54, 1.807) is 15.8 Å². The van der Waals surface area contributed by atoms with Crippen molar-refractivity contribution in [2.24, 2.45) is 5.73 Å². The van der Waals surface area contributed by atoms with Gasteiger partial charge in [-0.05, 0) is 6.92 Å². The number of carbonyl (C=O) groups excluding carboxylic acids is 1. The van der Waals surface area contributed by atoms with Crippen molar-refractivity contribution in [2.75, 3.05) is 11.4 Å². The van der Waals surface area contributed by atoms with Gasteiger partial charge in [-0.25, -0.2) is 4.68 Å². The molecule has 0 saturated carbocycles. The highest BCUT2D eigenvalue weighted by Crippen LogP contribution is 2.19. The Balaban J connectivity index is 2.27. The van der Waals surface area contributed by atoms with Gasteiger partial charge in [-0.1, -0.05) is 0 Å². The summed E-state index contributed by atoms with van der Waals surface area (Å²) in [5, 5.41) is 4.12. The maximum Gasteiger partial charge on any atom is 0.229 e. The van der Waals surface area contributed by atoms with Gasteiger partial charge in [0, 0.05) is 31.6 Å². The summed E-state index contributed by atoms with van der Waals surface area (Å²) in [6, 6.07) is 1.81. The highest BCUT2D eigenvalue weighted by Gasteiger charge is 2.29. The van der Waals surface area contributed by atoms with Crippen molar-refractivity contribution >= 4 is 11.7 Å². The molecule has 1 aliphatic rings. The first kappa shape index (κ1) is 9.21. The second kappa shape index (κ2) is 3.42. The van der Waals surface area contributed by atoms with Crippen LogP contribution in [0.3, 0.4) is 0 Å². The van der Waals surface area contributed by atoms with Gasteiger partial charge in [0.05, 0.1) is 6.20 Å². The van der Waals surface area contributed by atoms with Crippen LogP contribution in [0.4, 0.5) is 5.82 Å². The van der Waals surface area contributed by atoms with E-state index in [4.69, 9.17) is 5.73 Å². The highest BCUT2D eigenvalue weighted by molar-refractivity contribution is 5.95.